The van der Waals surface area contributed by atoms with E-state index in [2.05, 4.69) is 28.4 Å². The summed E-state index contributed by atoms with van der Waals surface area (Å²) in [5, 5.41) is 7.77. The first-order valence-corrected chi connectivity index (χ1v) is 8.18. The van der Waals surface area contributed by atoms with Gasteiger partial charge in [0.2, 0.25) is 0 Å². The first-order chi connectivity index (χ1) is 10.6. The highest BCUT2D eigenvalue weighted by atomic mass is 32.1. The van der Waals surface area contributed by atoms with Crippen LogP contribution in [0, 0.1) is 6.92 Å². The van der Waals surface area contributed by atoms with E-state index in [0.29, 0.717) is 10.8 Å². The van der Waals surface area contributed by atoms with Crippen LogP contribution in [-0.2, 0) is 13.0 Å². The number of anilines is 1. The number of carbonyl (C=O) groups is 1. The molecule has 0 spiro atoms. The molecule has 2 heterocycles. The number of amides is 1. The number of nitrogens with zero attached hydrogens (tertiary/aromatic N) is 3. The van der Waals surface area contributed by atoms with Crippen molar-refractivity contribution in [2.45, 2.75) is 33.7 Å². The fourth-order valence-electron chi connectivity index (χ4n) is 2.45. The number of aryl methyl sites for hydroxylation is 3. The summed E-state index contributed by atoms with van der Waals surface area (Å²) in [6, 6.07) is 7.92. The van der Waals surface area contributed by atoms with E-state index in [1.165, 1.54) is 16.9 Å². The zero-order valence-corrected chi connectivity index (χ0v) is 13.7. The molecule has 0 aliphatic heterocycles. The molecular formula is C16H18N4OS. The SMILES string of the molecule is CCc1cccc2sc(NC(=O)c3cc(C)n(CC)n3)nc12. The van der Waals surface area contributed by atoms with E-state index in [4.69, 9.17) is 0 Å². The van der Waals surface area contributed by atoms with Crippen LogP contribution in [0.2, 0.25) is 0 Å². The van der Waals surface area contributed by atoms with Gasteiger partial charge >= 0.3 is 0 Å². The Kier molecular flexibility index (Phi) is 3.94. The van der Waals surface area contributed by atoms with E-state index in [1.54, 1.807) is 6.07 Å². The standard InChI is InChI=1S/C16H18N4OS/c1-4-11-7-6-8-13-14(11)17-16(22-13)18-15(21)12-9-10(3)20(5-2)19-12/h6-9H,4-5H2,1-3H3,(H,17,18,21). The van der Waals surface area contributed by atoms with Gasteiger partial charge in [0, 0.05) is 12.2 Å². The minimum absolute atomic E-state index is 0.215. The lowest BCUT2D eigenvalue weighted by atomic mass is 10.1. The molecule has 0 fully saturated rings. The molecule has 6 heteroatoms. The van der Waals surface area contributed by atoms with Crippen LogP contribution in [0.5, 0.6) is 0 Å². The van der Waals surface area contributed by atoms with Crippen LogP contribution in [-0.4, -0.2) is 20.7 Å². The summed E-state index contributed by atoms with van der Waals surface area (Å²) in [5.74, 6) is -0.215. The van der Waals surface area contributed by atoms with Crippen LogP contribution in [0.25, 0.3) is 10.2 Å². The molecule has 114 valence electrons. The van der Waals surface area contributed by atoms with Crippen molar-refractivity contribution in [1.29, 1.82) is 0 Å². The molecule has 3 aromatic rings. The molecule has 0 unspecified atom stereocenters. The lowest BCUT2D eigenvalue weighted by Crippen LogP contribution is -2.13. The Morgan fingerprint density at radius 3 is 2.86 bits per heavy atom. The molecule has 2 aromatic heterocycles. The average Bonchev–Trinajstić information content (AvgIpc) is 3.09. The summed E-state index contributed by atoms with van der Waals surface area (Å²) < 4.78 is 2.90. The Bertz CT molecular complexity index is 834. The molecule has 1 N–H and O–H groups in total. The minimum Gasteiger partial charge on any atom is -0.296 e. The largest absolute Gasteiger partial charge is 0.296 e. The Balaban J connectivity index is 1.87. The van der Waals surface area contributed by atoms with Crippen LogP contribution < -0.4 is 5.32 Å². The van der Waals surface area contributed by atoms with Gasteiger partial charge in [-0.15, -0.1) is 0 Å². The molecule has 0 aliphatic rings. The molecule has 0 bridgehead atoms. The normalized spacial score (nSPS) is 11.0. The lowest BCUT2D eigenvalue weighted by molar-refractivity contribution is 0.102. The summed E-state index contributed by atoms with van der Waals surface area (Å²) >= 11 is 1.49. The molecule has 1 amide bonds. The lowest BCUT2D eigenvalue weighted by Gasteiger charge is -1.98. The highest BCUT2D eigenvalue weighted by molar-refractivity contribution is 7.22. The van der Waals surface area contributed by atoms with Crippen molar-refractivity contribution >= 4 is 32.6 Å². The zero-order chi connectivity index (χ0) is 15.7. The molecule has 3 rings (SSSR count). The molecule has 22 heavy (non-hydrogen) atoms. The monoisotopic (exact) mass is 314 g/mol. The number of para-hydroxylation sites is 1. The Labute approximate surface area is 133 Å². The quantitative estimate of drug-likeness (QED) is 0.800. The maximum atomic E-state index is 12.3. The van der Waals surface area contributed by atoms with Gasteiger partial charge in [-0.2, -0.15) is 5.10 Å². The van der Waals surface area contributed by atoms with E-state index < -0.39 is 0 Å². The number of fused-ring (bicyclic) bond motifs is 1. The fourth-order valence-corrected chi connectivity index (χ4v) is 3.36. The van der Waals surface area contributed by atoms with Gasteiger partial charge in [0.15, 0.2) is 10.8 Å². The van der Waals surface area contributed by atoms with E-state index in [-0.39, 0.29) is 5.91 Å². The molecule has 5 nitrogen and oxygen atoms in total. The van der Waals surface area contributed by atoms with Crippen molar-refractivity contribution in [2.75, 3.05) is 5.32 Å². The smallest absolute Gasteiger partial charge is 0.277 e. The number of nitrogens with one attached hydrogen (secondary N) is 1. The van der Waals surface area contributed by atoms with Gasteiger partial charge in [0.05, 0.1) is 10.2 Å². The van der Waals surface area contributed by atoms with Crippen molar-refractivity contribution in [3.05, 3.63) is 41.2 Å². The van der Waals surface area contributed by atoms with E-state index in [9.17, 15) is 4.79 Å². The number of carbonyl (C=O) groups excluding carboxylic acids is 1. The van der Waals surface area contributed by atoms with E-state index in [0.717, 1.165) is 28.9 Å². The summed E-state index contributed by atoms with van der Waals surface area (Å²) in [6.45, 7) is 6.80. The Morgan fingerprint density at radius 1 is 1.36 bits per heavy atom. The molecule has 0 radical (unpaired) electrons. The van der Waals surface area contributed by atoms with Gasteiger partial charge in [-0.05, 0) is 38.0 Å². The van der Waals surface area contributed by atoms with Gasteiger partial charge in [0.1, 0.15) is 0 Å². The average molecular weight is 314 g/mol. The van der Waals surface area contributed by atoms with Gasteiger partial charge < -0.3 is 0 Å². The van der Waals surface area contributed by atoms with Crippen molar-refractivity contribution in [3.8, 4) is 0 Å². The third kappa shape index (κ3) is 2.62. The number of hydrogen-bond donors (Lipinski definition) is 1. The van der Waals surface area contributed by atoms with E-state index >= 15 is 0 Å². The summed E-state index contributed by atoms with van der Waals surface area (Å²) in [5.41, 5.74) is 3.57. The van der Waals surface area contributed by atoms with Crippen molar-refractivity contribution in [2.24, 2.45) is 0 Å². The van der Waals surface area contributed by atoms with Crippen LogP contribution in [0.3, 0.4) is 0 Å². The van der Waals surface area contributed by atoms with Crippen LogP contribution in [0.15, 0.2) is 24.3 Å². The maximum Gasteiger partial charge on any atom is 0.277 e. The summed E-state index contributed by atoms with van der Waals surface area (Å²) in [7, 11) is 0. The minimum atomic E-state index is -0.215. The number of benzene rings is 1. The first-order valence-electron chi connectivity index (χ1n) is 7.36. The predicted octanol–water partition coefficient (Wildman–Crippen LogP) is 3.64. The highest BCUT2D eigenvalue weighted by Crippen LogP contribution is 2.28. The molecule has 0 saturated carbocycles. The maximum absolute atomic E-state index is 12.3. The van der Waals surface area contributed by atoms with Gasteiger partial charge in [-0.25, -0.2) is 4.98 Å². The Hall–Kier alpha value is -2.21. The zero-order valence-electron chi connectivity index (χ0n) is 12.9. The summed E-state index contributed by atoms with van der Waals surface area (Å²) in [6.07, 6.45) is 0.925. The van der Waals surface area contributed by atoms with Crippen LogP contribution in [0.4, 0.5) is 5.13 Å². The second-order valence-corrected chi connectivity index (χ2v) is 6.11. The fraction of sp³-hybridized carbons (Fsp3) is 0.312. The van der Waals surface area contributed by atoms with Crippen LogP contribution >= 0.6 is 11.3 Å². The van der Waals surface area contributed by atoms with Gasteiger partial charge in [-0.1, -0.05) is 30.4 Å². The topological polar surface area (TPSA) is 59.8 Å². The number of rotatable bonds is 4. The van der Waals surface area contributed by atoms with Crippen molar-refractivity contribution < 1.29 is 4.79 Å². The van der Waals surface area contributed by atoms with E-state index in [1.807, 2.05) is 30.7 Å². The van der Waals surface area contributed by atoms with Crippen LogP contribution in [0.1, 0.15) is 35.6 Å². The predicted molar refractivity (Wildman–Crippen MR) is 89.6 cm³/mol. The molecule has 0 aliphatic carbocycles. The van der Waals surface area contributed by atoms with Crippen molar-refractivity contribution in [3.63, 3.8) is 0 Å². The molecule has 0 atom stereocenters. The van der Waals surface area contributed by atoms with Crippen molar-refractivity contribution in [1.82, 2.24) is 14.8 Å². The first kappa shape index (κ1) is 14.7. The van der Waals surface area contributed by atoms with Gasteiger partial charge in [-0.3, -0.25) is 14.8 Å². The second kappa shape index (κ2) is 5.88. The summed E-state index contributed by atoms with van der Waals surface area (Å²) in [4.78, 5) is 16.9. The molecular weight excluding hydrogens is 296 g/mol. The number of hydrogen-bond acceptors (Lipinski definition) is 4. The molecule has 0 saturated heterocycles. The third-order valence-corrected chi connectivity index (χ3v) is 4.55. The Morgan fingerprint density at radius 2 is 2.18 bits per heavy atom. The number of aromatic nitrogens is 3. The second-order valence-electron chi connectivity index (χ2n) is 5.08. The third-order valence-electron chi connectivity index (χ3n) is 3.62. The van der Waals surface area contributed by atoms with Gasteiger partial charge in [0.25, 0.3) is 5.91 Å². The highest BCUT2D eigenvalue weighted by Gasteiger charge is 2.14. The molecule has 1 aromatic carbocycles. The number of thiazole rings is 1.